The lowest BCUT2D eigenvalue weighted by Gasteiger charge is -2.44. The number of alkyl halides is 3. The lowest BCUT2D eigenvalue weighted by Crippen LogP contribution is -2.55. The predicted molar refractivity (Wildman–Crippen MR) is 85.7 cm³/mol. The van der Waals surface area contributed by atoms with E-state index < -0.39 is 11.6 Å². The van der Waals surface area contributed by atoms with E-state index in [0.717, 1.165) is 0 Å². The molecule has 0 saturated heterocycles. The summed E-state index contributed by atoms with van der Waals surface area (Å²) in [6, 6.07) is 4.22. The zero-order chi connectivity index (χ0) is 17.7. The Morgan fingerprint density at radius 3 is 2.67 bits per heavy atom. The summed E-state index contributed by atoms with van der Waals surface area (Å²) in [5, 5.41) is 10.8. The molecular formula is C16H15ClF3N3O. The minimum absolute atomic E-state index is 0.0186. The van der Waals surface area contributed by atoms with Gasteiger partial charge in [-0.2, -0.15) is 13.2 Å². The summed E-state index contributed by atoms with van der Waals surface area (Å²) in [5.41, 5.74) is -2.34. The molecule has 1 aromatic carbocycles. The van der Waals surface area contributed by atoms with Crippen LogP contribution in [0.3, 0.4) is 0 Å². The van der Waals surface area contributed by atoms with E-state index in [1.165, 1.54) is 41.5 Å². The first-order chi connectivity index (χ1) is 11.2. The van der Waals surface area contributed by atoms with Gasteiger partial charge in [0.2, 0.25) is 0 Å². The molecule has 1 unspecified atom stereocenters. The highest BCUT2D eigenvalue weighted by Crippen LogP contribution is 2.54. The number of allylic oxidation sites excluding steroid dienone is 2. The molecule has 0 amide bonds. The molecule has 0 bridgehead atoms. The highest BCUT2D eigenvalue weighted by atomic mass is 35.5. The van der Waals surface area contributed by atoms with E-state index in [0.29, 0.717) is 5.06 Å². The molecule has 2 aliphatic rings. The Bertz CT molecular complexity index is 770. The highest BCUT2D eigenvalue weighted by molar-refractivity contribution is 6.30. The summed E-state index contributed by atoms with van der Waals surface area (Å²) in [6.07, 6.45) is -0.664. The molecule has 3 rings (SSSR count). The van der Waals surface area contributed by atoms with E-state index in [1.54, 1.807) is 14.1 Å². The van der Waals surface area contributed by atoms with Crippen LogP contribution >= 0.6 is 11.6 Å². The van der Waals surface area contributed by atoms with Crippen molar-refractivity contribution in [2.45, 2.75) is 11.6 Å². The predicted octanol–water partition coefficient (Wildman–Crippen LogP) is 3.89. The summed E-state index contributed by atoms with van der Waals surface area (Å²) < 4.78 is 43.1. The number of fused-ring (bicyclic) bond motifs is 2. The Morgan fingerprint density at radius 2 is 2.04 bits per heavy atom. The summed E-state index contributed by atoms with van der Waals surface area (Å²) in [5.74, 6) is -0.133. The van der Waals surface area contributed by atoms with E-state index in [2.05, 4.69) is 4.99 Å². The molecule has 24 heavy (non-hydrogen) atoms. The first kappa shape index (κ1) is 17.0. The lowest BCUT2D eigenvalue weighted by atomic mass is 9.69. The van der Waals surface area contributed by atoms with Crippen LogP contribution in [0.25, 0.3) is 0 Å². The normalized spacial score (nSPS) is 22.9. The molecule has 1 atom stereocenters. The van der Waals surface area contributed by atoms with Crippen molar-refractivity contribution in [1.29, 1.82) is 0 Å². The van der Waals surface area contributed by atoms with Gasteiger partial charge in [-0.05, 0) is 38.4 Å². The van der Waals surface area contributed by atoms with Crippen LogP contribution in [0.5, 0.6) is 0 Å². The average Bonchev–Trinajstić information content (AvgIpc) is 2.47. The molecule has 0 aromatic heterocycles. The van der Waals surface area contributed by atoms with Crippen molar-refractivity contribution in [2.24, 2.45) is 4.99 Å². The third kappa shape index (κ3) is 2.44. The van der Waals surface area contributed by atoms with Gasteiger partial charge in [0.1, 0.15) is 5.41 Å². The zero-order valence-corrected chi connectivity index (χ0v) is 13.7. The third-order valence-electron chi connectivity index (χ3n) is 4.09. The molecular weight excluding hydrogens is 343 g/mol. The quantitative estimate of drug-likeness (QED) is 0.872. The number of aliphatic imine (C=N–C) groups is 1. The summed E-state index contributed by atoms with van der Waals surface area (Å²) in [7, 11) is 3.14. The van der Waals surface area contributed by atoms with Gasteiger partial charge in [0.05, 0.1) is 5.69 Å². The van der Waals surface area contributed by atoms with Crippen LogP contribution < -0.4 is 0 Å². The number of amidine groups is 1. The van der Waals surface area contributed by atoms with Gasteiger partial charge in [-0.1, -0.05) is 17.7 Å². The molecule has 0 fully saturated rings. The first-order valence-electron chi connectivity index (χ1n) is 7.14. The van der Waals surface area contributed by atoms with Crippen molar-refractivity contribution in [3.63, 3.8) is 0 Å². The molecule has 1 aromatic rings. The van der Waals surface area contributed by atoms with Crippen molar-refractivity contribution in [3.8, 4) is 0 Å². The van der Waals surface area contributed by atoms with Gasteiger partial charge in [0.25, 0.3) is 0 Å². The molecule has 1 N–H and O–H groups in total. The van der Waals surface area contributed by atoms with E-state index in [-0.39, 0.29) is 34.2 Å². The summed E-state index contributed by atoms with van der Waals surface area (Å²) in [4.78, 5) is 5.66. The number of benzene rings is 1. The van der Waals surface area contributed by atoms with Crippen LogP contribution in [0.1, 0.15) is 5.56 Å². The van der Waals surface area contributed by atoms with Crippen molar-refractivity contribution < 1.29 is 18.4 Å². The number of likely N-dealkylation sites (N-methyl/N-ethyl adjacent to an activating group) is 1. The molecule has 128 valence electrons. The minimum atomic E-state index is -4.62. The number of hydrogen-bond acceptors (Lipinski definition) is 4. The van der Waals surface area contributed by atoms with Crippen LogP contribution in [0.15, 0.2) is 47.1 Å². The zero-order valence-electron chi connectivity index (χ0n) is 13.0. The Hall–Kier alpha value is -1.83. The van der Waals surface area contributed by atoms with Gasteiger partial charge >= 0.3 is 6.18 Å². The van der Waals surface area contributed by atoms with Gasteiger partial charge in [0, 0.05) is 28.9 Å². The SMILES string of the molecule is CN(C)CC1(C(F)(F)F)C2=CC=CN(O)C2=Nc2ccc(Cl)cc21. The average molecular weight is 358 g/mol. The van der Waals surface area contributed by atoms with Crippen LogP contribution in [0.4, 0.5) is 18.9 Å². The maximum absolute atomic E-state index is 14.4. The Morgan fingerprint density at radius 1 is 1.33 bits per heavy atom. The topological polar surface area (TPSA) is 39.1 Å². The second-order valence-corrected chi connectivity index (χ2v) is 6.44. The number of rotatable bonds is 2. The standard InChI is InChI=1S/C16H15ClF3N3O/c1-22(2)9-15(16(18,19)20)11-4-3-7-23(24)14(11)21-13-6-5-10(17)8-12(13)15/h3-8,24H,9H2,1-2H3. The second kappa shape index (κ2) is 5.61. The van der Waals surface area contributed by atoms with Gasteiger partial charge in [-0.25, -0.2) is 10.1 Å². The van der Waals surface area contributed by atoms with Crippen molar-refractivity contribution in [1.82, 2.24) is 9.96 Å². The number of hydroxylamine groups is 2. The molecule has 0 saturated carbocycles. The van der Waals surface area contributed by atoms with Crippen LogP contribution in [-0.4, -0.2) is 47.8 Å². The smallest absolute Gasteiger partial charge is 0.308 e. The minimum Gasteiger partial charge on any atom is -0.308 e. The molecule has 0 aliphatic carbocycles. The Kier molecular flexibility index (Phi) is 3.98. The second-order valence-electron chi connectivity index (χ2n) is 6.00. The Balaban J connectivity index is 2.39. The van der Waals surface area contributed by atoms with Crippen LogP contribution in [0, 0.1) is 0 Å². The maximum Gasteiger partial charge on any atom is 0.403 e. The molecule has 0 spiro atoms. The molecule has 4 nitrogen and oxygen atoms in total. The third-order valence-corrected chi connectivity index (χ3v) is 4.33. The summed E-state index contributed by atoms with van der Waals surface area (Å²) in [6.45, 7) is -0.337. The lowest BCUT2D eigenvalue weighted by molar-refractivity contribution is -0.182. The molecule has 2 heterocycles. The van der Waals surface area contributed by atoms with E-state index in [4.69, 9.17) is 11.6 Å². The fourth-order valence-electron chi connectivity index (χ4n) is 3.18. The highest BCUT2D eigenvalue weighted by Gasteiger charge is 2.62. The monoisotopic (exact) mass is 357 g/mol. The first-order valence-corrected chi connectivity index (χ1v) is 7.52. The van der Waals surface area contributed by atoms with Crippen molar-refractivity contribution in [3.05, 3.63) is 52.7 Å². The number of hydrogen-bond donors (Lipinski definition) is 1. The van der Waals surface area contributed by atoms with E-state index >= 15 is 0 Å². The van der Waals surface area contributed by atoms with Gasteiger partial charge < -0.3 is 4.90 Å². The van der Waals surface area contributed by atoms with Crippen LogP contribution in [-0.2, 0) is 5.41 Å². The maximum atomic E-state index is 14.4. The fraction of sp³-hybridized carbons (Fsp3) is 0.312. The Labute approximate surface area is 142 Å². The molecule has 8 heteroatoms. The van der Waals surface area contributed by atoms with Gasteiger partial charge in [0.15, 0.2) is 5.84 Å². The van der Waals surface area contributed by atoms with E-state index in [1.807, 2.05) is 0 Å². The summed E-state index contributed by atoms with van der Waals surface area (Å²) >= 11 is 5.97. The number of halogens is 4. The fourth-order valence-corrected chi connectivity index (χ4v) is 3.35. The van der Waals surface area contributed by atoms with Crippen LogP contribution in [0.2, 0.25) is 5.02 Å². The van der Waals surface area contributed by atoms with E-state index in [9.17, 15) is 18.4 Å². The van der Waals surface area contributed by atoms with Gasteiger partial charge in [-0.15, -0.1) is 0 Å². The molecule has 0 radical (unpaired) electrons. The largest absolute Gasteiger partial charge is 0.403 e. The van der Waals surface area contributed by atoms with Crippen molar-refractivity contribution in [2.75, 3.05) is 20.6 Å². The van der Waals surface area contributed by atoms with Gasteiger partial charge in [-0.3, -0.25) is 5.21 Å². The number of nitrogens with zero attached hydrogens (tertiary/aromatic N) is 3. The van der Waals surface area contributed by atoms with Crippen molar-refractivity contribution >= 4 is 23.1 Å². The molecule has 2 aliphatic heterocycles.